The number of para-hydroxylation sites is 2. The summed E-state index contributed by atoms with van der Waals surface area (Å²) in [6, 6.07) is 71.1. The highest BCUT2D eigenvalue weighted by Crippen LogP contribution is 2.39. The van der Waals surface area contributed by atoms with E-state index in [4.69, 9.17) is 9.97 Å². The van der Waals surface area contributed by atoms with Crippen molar-refractivity contribution in [3.8, 4) is 56.4 Å². The van der Waals surface area contributed by atoms with E-state index in [1.807, 2.05) is 36.4 Å². The molecule has 0 N–H and O–H groups in total. The van der Waals surface area contributed by atoms with Gasteiger partial charge in [0.1, 0.15) is 0 Å². The molecule has 0 aliphatic carbocycles. The average molecular weight is 715 g/mol. The fraction of sp³-hybridized carbons (Fsp3) is 0. The molecule has 8 aromatic carbocycles. The zero-order chi connectivity index (χ0) is 37.0. The molecule has 4 nitrogen and oxygen atoms in total. The first-order valence-corrected chi connectivity index (χ1v) is 19.0. The lowest BCUT2D eigenvalue weighted by molar-refractivity contribution is 1.13. The van der Waals surface area contributed by atoms with Crippen LogP contribution in [0.5, 0.6) is 0 Å². The molecule has 0 amide bonds. The minimum atomic E-state index is 0.713. The van der Waals surface area contributed by atoms with Crippen LogP contribution in [0.1, 0.15) is 0 Å². The topological polar surface area (TPSA) is 35.6 Å². The number of rotatable bonds is 6. The third kappa shape index (κ3) is 5.39. The first-order valence-electron chi connectivity index (χ1n) is 19.0. The van der Waals surface area contributed by atoms with Gasteiger partial charge in [0, 0.05) is 55.8 Å². The van der Waals surface area contributed by atoms with Crippen molar-refractivity contribution in [2.75, 3.05) is 0 Å². The molecular formula is C52H34N4. The summed E-state index contributed by atoms with van der Waals surface area (Å²) in [5.74, 6) is 0.713. The second kappa shape index (κ2) is 13.1. The Kier molecular flexibility index (Phi) is 7.46. The van der Waals surface area contributed by atoms with Gasteiger partial charge in [0.05, 0.1) is 27.9 Å². The molecule has 0 spiro atoms. The molecule has 4 heteroatoms. The Bertz CT molecular complexity index is 3160. The van der Waals surface area contributed by atoms with Gasteiger partial charge in [-0.3, -0.25) is 0 Å². The molecule has 0 unspecified atom stereocenters. The van der Waals surface area contributed by atoms with E-state index in [0.717, 1.165) is 50.6 Å². The van der Waals surface area contributed by atoms with Crippen molar-refractivity contribution in [2.24, 2.45) is 0 Å². The standard InChI is InChI=1S/C52H34N4/c1-4-13-36(14-5-1)47-34-48(54-52(53-47)37-15-6-2-7-16-37)40-18-12-17-38(31-40)35-23-26-43(27-24-35)56-49-22-11-10-21-44(49)45-28-25-39-33-50-41(32-46(39)51(45)56)29-30-55(50)42-19-8-3-9-20-42/h1-34H. The maximum absolute atomic E-state index is 5.08. The average Bonchev–Trinajstić information content (AvgIpc) is 3.85. The Labute approximate surface area is 324 Å². The number of benzene rings is 8. The third-order valence-corrected chi connectivity index (χ3v) is 10.9. The zero-order valence-electron chi connectivity index (χ0n) is 30.4. The minimum absolute atomic E-state index is 0.713. The molecule has 0 aliphatic rings. The van der Waals surface area contributed by atoms with Crippen LogP contribution in [0.4, 0.5) is 0 Å². The first kappa shape index (κ1) is 31.9. The van der Waals surface area contributed by atoms with E-state index in [1.54, 1.807) is 0 Å². The maximum Gasteiger partial charge on any atom is 0.160 e. The van der Waals surface area contributed by atoms with E-state index in [0.29, 0.717) is 5.82 Å². The second-order valence-electron chi connectivity index (χ2n) is 14.3. The maximum atomic E-state index is 5.08. The van der Waals surface area contributed by atoms with Gasteiger partial charge in [0.15, 0.2) is 5.82 Å². The highest BCUT2D eigenvalue weighted by molar-refractivity contribution is 6.20. The number of hydrogen-bond donors (Lipinski definition) is 0. The summed E-state index contributed by atoms with van der Waals surface area (Å²) in [5, 5.41) is 6.17. The summed E-state index contributed by atoms with van der Waals surface area (Å²) in [7, 11) is 0. The Balaban J connectivity index is 1.02. The van der Waals surface area contributed by atoms with E-state index in [1.165, 1.54) is 43.5 Å². The molecule has 0 saturated heterocycles. The molecule has 3 aromatic heterocycles. The van der Waals surface area contributed by atoms with Crippen LogP contribution in [-0.2, 0) is 0 Å². The molecule has 11 rings (SSSR count). The molecule has 0 saturated carbocycles. The van der Waals surface area contributed by atoms with Crippen molar-refractivity contribution in [2.45, 2.75) is 0 Å². The fourth-order valence-electron chi connectivity index (χ4n) is 8.22. The Hall–Kier alpha value is -7.56. The van der Waals surface area contributed by atoms with Gasteiger partial charge in [-0.15, -0.1) is 0 Å². The van der Waals surface area contributed by atoms with Gasteiger partial charge in [0.2, 0.25) is 0 Å². The van der Waals surface area contributed by atoms with Crippen LogP contribution >= 0.6 is 0 Å². The molecular weight excluding hydrogens is 681 g/mol. The quantitative estimate of drug-likeness (QED) is 0.172. The normalized spacial score (nSPS) is 11.6. The van der Waals surface area contributed by atoms with Gasteiger partial charge in [-0.2, -0.15) is 0 Å². The highest BCUT2D eigenvalue weighted by Gasteiger charge is 2.17. The molecule has 56 heavy (non-hydrogen) atoms. The van der Waals surface area contributed by atoms with Crippen LogP contribution in [0.2, 0.25) is 0 Å². The number of hydrogen-bond acceptors (Lipinski definition) is 2. The lowest BCUT2D eigenvalue weighted by Gasteiger charge is -2.13. The van der Waals surface area contributed by atoms with E-state index in [2.05, 4.69) is 179 Å². The zero-order valence-corrected chi connectivity index (χ0v) is 30.4. The smallest absolute Gasteiger partial charge is 0.160 e. The van der Waals surface area contributed by atoms with Crippen LogP contribution in [0.3, 0.4) is 0 Å². The Morgan fingerprint density at radius 2 is 1.00 bits per heavy atom. The molecule has 11 aromatic rings. The minimum Gasteiger partial charge on any atom is -0.317 e. The van der Waals surface area contributed by atoms with Crippen LogP contribution in [0.15, 0.2) is 206 Å². The number of nitrogens with zero attached hydrogens (tertiary/aromatic N) is 4. The van der Waals surface area contributed by atoms with Crippen LogP contribution in [0.25, 0.3) is 99.9 Å². The van der Waals surface area contributed by atoms with E-state index in [9.17, 15) is 0 Å². The summed E-state index contributed by atoms with van der Waals surface area (Å²) < 4.78 is 4.71. The van der Waals surface area contributed by atoms with Gasteiger partial charge in [-0.05, 0) is 77.2 Å². The second-order valence-corrected chi connectivity index (χ2v) is 14.3. The molecule has 0 aliphatic heterocycles. The summed E-state index contributed by atoms with van der Waals surface area (Å²) in [6.07, 6.45) is 2.18. The van der Waals surface area contributed by atoms with Crippen molar-refractivity contribution >= 4 is 43.5 Å². The van der Waals surface area contributed by atoms with Gasteiger partial charge in [-0.1, -0.05) is 140 Å². The Morgan fingerprint density at radius 3 is 1.79 bits per heavy atom. The fourth-order valence-corrected chi connectivity index (χ4v) is 8.22. The lowest BCUT2D eigenvalue weighted by Crippen LogP contribution is -1.96. The predicted octanol–water partition coefficient (Wildman–Crippen LogP) is 13.3. The molecule has 0 radical (unpaired) electrons. The predicted molar refractivity (Wildman–Crippen MR) is 232 cm³/mol. The summed E-state index contributed by atoms with van der Waals surface area (Å²) in [6.45, 7) is 0. The molecule has 0 atom stereocenters. The molecule has 3 heterocycles. The molecule has 0 bridgehead atoms. The molecule has 0 fully saturated rings. The van der Waals surface area contributed by atoms with Crippen molar-refractivity contribution < 1.29 is 0 Å². The van der Waals surface area contributed by atoms with Crippen molar-refractivity contribution in [1.29, 1.82) is 0 Å². The summed E-state index contributed by atoms with van der Waals surface area (Å²) >= 11 is 0. The van der Waals surface area contributed by atoms with E-state index < -0.39 is 0 Å². The Morgan fingerprint density at radius 1 is 0.339 bits per heavy atom. The van der Waals surface area contributed by atoms with Gasteiger partial charge >= 0.3 is 0 Å². The number of aromatic nitrogens is 4. The van der Waals surface area contributed by atoms with Gasteiger partial charge in [-0.25, -0.2) is 9.97 Å². The van der Waals surface area contributed by atoms with Crippen molar-refractivity contribution in [1.82, 2.24) is 19.1 Å². The van der Waals surface area contributed by atoms with Crippen molar-refractivity contribution in [3.63, 3.8) is 0 Å². The van der Waals surface area contributed by atoms with Crippen LogP contribution in [-0.4, -0.2) is 19.1 Å². The van der Waals surface area contributed by atoms with E-state index in [-0.39, 0.29) is 0 Å². The third-order valence-electron chi connectivity index (χ3n) is 10.9. The van der Waals surface area contributed by atoms with Crippen LogP contribution in [0, 0.1) is 0 Å². The number of fused-ring (bicyclic) bond motifs is 6. The van der Waals surface area contributed by atoms with Crippen molar-refractivity contribution in [3.05, 3.63) is 206 Å². The first-order chi connectivity index (χ1) is 27.7. The largest absolute Gasteiger partial charge is 0.317 e. The lowest BCUT2D eigenvalue weighted by atomic mass is 10.00. The van der Waals surface area contributed by atoms with Gasteiger partial charge in [0.25, 0.3) is 0 Å². The summed E-state index contributed by atoms with van der Waals surface area (Å²) in [5.41, 5.74) is 13.1. The summed E-state index contributed by atoms with van der Waals surface area (Å²) in [4.78, 5) is 10.1. The SMILES string of the molecule is c1ccc(-c2cc(-c3cccc(-c4ccc(-n5c6ccccc6c6ccc7cc8c(ccn8-c8ccccc8)cc7c65)cc4)c3)nc(-c3ccccc3)n2)cc1. The highest BCUT2D eigenvalue weighted by atomic mass is 15.0. The molecule has 262 valence electrons. The van der Waals surface area contributed by atoms with Crippen LogP contribution < -0.4 is 0 Å². The van der Waals surface area contributed by atoms with Gasteiger partial charge < -0.3 is 9.13 Å². The monoisotopic (exact) mass is 714 g/mol. The van der Waals surface area contributed by atoms with E-state index >= 15 is 0 Å².